The Balaban J connectivity index is 1.80. The smallest absolute Gasteiger partial charge is 0.326 e. The van der Waals surface area contributed by atoms with Crippen molar-refractivity contribution < 1.29 is 19.4 Å². The lowest BCUT2D eigenvalue weighted by Gasteiger charge is -2.34. The highest BCUT2D eigenvalue weighted by Gasteiger charge is 2.48. The van der Waals surface area contributed by atoms with Crippen LogP contribution in [-0.4, -0.2) is 40.1 Å². The van der Waals surface area contributed by atoms with E-state index in [-0.39, 0.29) is 17.9 Å². The van der Waals surface area contributed by atoms with Crippen molar-refractivity contribution in [3.63, 3.8) is 0 Å². The minimum Gasteiger partial charge on any atom is -0.480 e. The SMILES string of the molecule is CC(Oc1ccccc1C#N)C(=O)N1C(C(=O)O)CC2CCCCC21. The minimum atomic E-state index is -0.952. The first-order chi connectivity index (χ1) is 12.0. The molecule has 1 N–H and O–H groups in total. The molecule has 4 unspecified atom stereocenters. The van der Waals surface area contributed by atoms with Gasteiger partial charge in [0.05, 0.1) is 5.56 Å². The normalized spacial score (nSPS) is 26.4. The Kier molecular flexibility index (Phi) is 4.93. The first-order valence-corrected chi connectivity index (χ1v) is 8.73. The zero-order chi connectivity index (χ0) is 18.0. The molecular weight excluding hydrogens is 320 g/mol. The van der Waals surface area contributed by atoms with Crippen LogP contribution in [0.4, 0.5) is 0 Å². The number of carboxylic acids is 1. The summed E-state index contributed by atoms with van der Waals surface area (Å²) in [6.07, 6.45) is 3.62. The van der Waals surface area contributed by atoms with Crippen molar-refractivity contribution in [1.29, 1.82) is 5.26 Å². The molecule has 1 aromatic carbocycles. The van der Waals surface area contributed by atoms with E-state index in [0.717, 1.165) is 25.7 Å². The predicted octanol–water partition coefficient (Wildman–Crippen LogP) is 2.57. The number of carbonyl (C=O) groups is 2. The Morgan fingerprint density at radius 3 is 2.76 bits per heavy atom. The van der Waals surface area contributed by atoms with Gasteiger partial charge in [-0.3, -0.25) is 4.79 Å². The van der Waals surface area contributed by atoms with Crippen LogP contribution >= 0.6 is 0 Å². The third-order valence-electron chi connectivity index (χ3n) is 5.29. The molecule has 3 rings (SSSR count). The molecule has 1 heterocycles. The summed E-state index contributed by atoms with van der Waals surface area (Å²) in [6.45, 7) is 1.62. The standard InChI is InChI=1S/C19H22N2O4/c1-12(25-17-9-5-3-7-14(17)11-20)18(22)21-15-8-4-2-6-13(15)10-16(21)19(23)24/h3,5,7,9,12-13,15-16H,2,4,6,8,10H2,1H3,(H,23,24). The molecular formula is C19H22N2O4. The third kappa shape index (κ3) is 3.32. The molecule has 0 aromatic heterocycles. The van der Waals surface area contributed by atoms with Crippen LogP contribution in [0.1, 0.15) is 44.6 Å². The lowest BCUT2D eigenvalue weighted by atomic mass is 9.84. The molecule has 2 aliphatic rings. The van der Waals surface area contributed by atoms with E-state index in [2.05, 4.69) is 0 Å². The van der Waals surface area contributed by atoms with Gasteiger partial charge in [-0.1, -0.05) is 25.0 Å². The van der Waals surface area contributed by atoms with Gasteiger partial charge in [0.15, 0.2) is 6.10 Å². The number of aliphatic carboxylic acids is 1. The maximum atomic E-state index is 13.0. The summed E-state index contributed by atoms with van der Waals surface area (Å²) in [5, 5.41) is 18.7. The van der Waals surface area contributed by atoms with Gasteiger partial charge >= 0.3 is 5.97 Å². The highest BCUT2D eigenvalue weighted by Crippen LogP contribution is 2.40. The predicted molar refractivity (Wildman–Crippen MR) is 89.9 cm³/mol. The van der Waals surface area contributed by atoms with E-state index in [4.69, 9.17) is 10.00 Å². The van der Waals surface area contributed by atoms with Crippen LogP contribution in [0.25, 0.3) is 0 Å². The minimum absolute atomic E-state index is 0.0142. The number of fused-ring (bicyclic) bond motifs is 1. The van der Waals surface area contributed by atoms with E-state index >= 15 is 0 Å². The highest BCUT2D eigenvalue weighted by molar-refractivity contribution is 5.87. The zero-order valence-corrected chi connectivity index (χ0v) is 14.2. The van der Waals surface area contributed by atoms with Crippen molar-refractivity contribution in [1.82, 2.24) is 4.90 Å². The second-order valence-corrected chi connectivity index (χ2v) is 6.82. The molecule has 1 saturated carbocycles. The van der Waals surface area contributed by atoms with Gasteiger partial charge in [0.2, 0.25) is 0 Å². The lowest BCUT2D eigenvalue weighted by Crippen LogP contribution is -2.50. The summed E-state index contributed by atoms with van der Waals surface area (Å²) in [5.41, 5.74) is 0.355. The Bertz CT molecular complexity index is 712. The van der Waals surface area contributed by atoms with Crippen molar-refractivity contribution in [3.05, 3.63) is 29.8 Å². The van der Waals surface area contributed by atoms with Gasteiger partial charge in [-0.25, -0.2) is 4.79 Å². The fourth-order valence-electron chi connectivity index (χ4n) is 4.11. The number of nitrogens with zero attached hydrogens (tertiary/aromatic N) is 2. The molecule has 0 bridgehead atoms. The zero-order valence-electron chi connectivity index (χ0n) is 14.2. The van der Waals surface area contributed by atoms with Crippen LogP contribution in [0.3, 0.4) is 0 Å². The first-order valence-electron chi connectivity index (χ1n) is 8.73. The van der Waals surface area contributed by atoms with E-state index in [1.807, 2.05) is 6.07 Å². The number of likely N-dealkylation sites (tertiary alicyclic amines) is 1. The van der Waals surface area contributed by atoms with Gasteiger partial charge in [0.25, 0.3) is 5.91 Å². The highest BCUT2D eigenvalue weighted by atomic mass is 16.5. The van der Waals surface area contributed by atoms with E-state index in [9.17, 15) is 14.7 Å². The maximum Gasteiger partial charge on any atom is 0.326 e. The third-order valence-corrected chi connectivity index (χ3v) is 5.29. The van der Waals surface area contributed by atoms with Crippen LogP contribution in [0.5, 0.6) is 5.75 Å². The second kappa shape index (κ2) is 7.14. The van der Waals surface area contributed by atoms with E-state index in [0.29, 0.717) is 17.7 Å². The van der Waals surface area contributed by atoms with Crippen molar-refractivity contribution in [3.8, 4) is 11.8 Å². The molecule has 25 heavy (non-hydrogen) atoms. The Morgan fingerprint density at radius 1 is 1.32 bits per heavy atom. The van der Waals surface area contributed by atoms with Crippen molar-refractivity contribution in [2.45, 2.75) is 57.2 Å². The topological polar surface area (TPSA) is 90.6 Å². The van der Waals surface area contributed by atoms with Gasteiger partial charge in [0, 0.05) is 6.04 Å². The molecule has 0 spiro atoms. The number of rotatable bonds is 4. The number of hydrogen-bond donors (Lipinski definition) is 1. The Hall–Kier alpha value is -2.55. The number of nitriles is 1. The van der Waals surface area contributed by atoms with Gasteiger partial charge < -0.3 is 14.7 Å². The monoisotopic (exact) mass is 342 g/mol. The average Bonchev–Trinajstić information content (AvgIpc) is 3.01. The van der Waals surface area contributed by atoms with Crippen LogP contribution in [0.2, 0.25) is 0 Å². The molecule has 1 aliphatic heterocycles. The van der Waals surface area contributed by atoms with Gasteiger partial charge in [-0.15, -0.1) is 0 Å². The molecule has 1 aromatic rings. The summed E-state index contributed by atoms with van der Waals surface area (Å²) in [5.74, 6) is -0.656. The van der Waals surface area contributed by atoms with Crippen LogP contribution in [0, 0.1) is 17.2 Å². The van der Waals surface area contributed by atoms with Crippen molar-refractivity contribution >= 4 is 11.9 Å². The summed E-state index contributed by atoms with van der Waals surface area (Å²) < 4.78 is 5.71. The molecule has 132 valence electrons. The molecule has 2 fully saturated rings. The lowest BCUT2D eigenvalue weighted by molar-refractivity contribution is -0.153. The fourth-order valence-corrected chi connectivity index (χ4v) is 4.11. The summed E-state index contributed by atoms with van der Waals surface area (Å²) in [6, 6.07) is 7.98. The van der Waals surface area contributed by atoms with Gasteiger partial charge in [-0.05, 0) is 44.2 Å². The van der Waals surface area contributed by atoms with Gasteiger partial charge in [-0.2, -0.15) is 5.26 Å². The molecule has 0 radical (unpaired) electrons. The summed E-state index contributed by atoms with van der Waals surface area (Å²) in [4.78, 5) is 26.2. The number of benzene rings is 1. The largest absolute Gasteiger partial charge is 0.480 e. The first kappa shape index (κ1) is 17.3. The molecule has 6 nitrogen and oxygen atoms in total. The second-order valence-electron chi connectivity index (χ2n) is 6.82. The average molecular weight is 342 g/mol. The van der Waals surface area contributed by atoms with Crippen LogP contribution in [-0.2, 0) is 9.59 Å². The number of hydrogen-bond acceptors (Lipinski definition) is 4. The summed E-state index contributed by atoms with van der Waals surface area (Å²) >= 11 is 0. The Morgan fingerprint density at radius 2 is 2.04 bits per heavy atom. The molecule has 1 aliphatic carbocycles. The van der Waals surface area contributed by atoms with Crippen LogP contribution < -0.4 is 4.74 Å². The van der Waals surface area contributed by atoms with E-state index < -0.39 is 18.1 Å². The van der Waals surface area contributed by atoms with E-state index in [1.165, 1.54) is 4.90 Å². The van der Waals surface area contributed by atoms with Crippen molar-refractivity contribution in [2.75, 3.05) is 0 Å². The molecule has 1 amide bonds. The summed E-state index contributed by atoms with van der Waals surface area (Å²) in [7, 11) is 0. The molecule has 4 atom stereocenters. The molecule has 1 saturated heterocycles. The number of para-hydroxylation sites is 1. The van der Waals surface area contributed by atoms with Crippen LogP contribution in [0.15, 0.2) is 24.3 Å². The van der Waals surface area contributed by atoms with Gasteiger partial charge in [0.1, 0.15) is 17.9 Å². The number of ether oxygens (including phenoxy) is 1. The number of carboxylic acid groups (broad SMARTS) is 1. The fraction of sp³-hybridized carbons (Fsp3) is 0.526. The van der Waals surface area contributed by atoms with Crippen molar-refractivity contribution in [2.24, 2.45) is 5.92 Å². The molecule has 6 heteroatoms. The maximum absolute atomic E-state index is 13.0. The number of carbonyl (C=O) groups excluding carboxylic acids is 1. The Labute approximate surface area is 147 Å². The van der Waals surface area contributed by atoms with E-state index in [1.54, 1.807) is 31.2 Å². The number of amides is 1. The quantitative estimate of drug-likeness (QED) is 0.908.